The monoisotopic (exact) mass is 334 g/mol. The lowest BCUT2D eigenvalue weighted by atomic mass is 10.2. The Balaban J connectivity index is 2.80. The highest BCUT2D eigenvalue weighted by molar-refractivity contribution is 5.93. The average Bonchev–Trinajstić information content (AvgIpc) is 2.59. The van der Waals surface area contributed by atoms with Crippen molar-refractivity contribution in [2.75, 3.05) is 13.7 Å². The number of esters is 2. The molecule has 0 atom stereocenters. The van der Waals surface area contributed by atoms with Crippen LogP contribution in [0.5, 0.6) is 0 Å². The van der Waals surface area contributed by atoms with E-state index in [1.807, 2.05) is 0 Å². The van der Waals surface area contributed by atoms with Gasteiger partial charge in [-0.05, 0) is 32.0 Å². The molecular weight excluding hydrogens is 316 g/mol. The van der Waals surface area contributed by atoms with Crippen LogP contribution in [0.15, 0.2) is 27.8 Å². The molecule has 0 spiro atoms. The highest BCUT2D eigenvalue weighted by atomic mass is 16.5. The summed E-state index contributed by atoms with van der Waals surface area (Å²) in [6.45, 7) is 3.48. The second-order valence-electron chi connectivity index (χ2n) is 4.94. The summed E-state index contributed by atoms with van der Waals surface area (Å²) in [6.07, 6.45) is 0. The predicted octanol–water partition coefficient (Wildman–Crippen LogP) is 0.533. The van der Waals surface area contributed by atoms with Crippen LogP contribution in [0.3, 0.4) is 0 Å². The second kappa shape index (κ2) is 7.12. The minimum Gasteiger partial charge on any atom is -0.468 e. The summed E-state index contributed by atoms with van der Waals surface area (Å²) in [5, 5.41) is 0. The smallest absolute Gasteiger partial charge is 0.338 e. The van der Waals surface area contributed by atoms with Crippen LogP contribution < -0.4 is 11.1 Å². The van der Waals surface area contributed by atoms with Gasteiger partial charge in [0.15, 0.2) is 0 Å². The fourth-order valence-electron chi connectivity index (χ4n) is 2.42. The molecule has 1 heterocycles. The molecule has 2 aromatic rings. The van der Waals surface area contributed by atoms with Crippen LogP contribution in [0.4, 0.5) is 0 Å². The number of hydrogen-bond acceptors (Lipinski definition) is 6. The number of nitrogens with zero attached hydrogens (tertiary/aromatic N) is 2. The van der Waals surface area contributed by atoms with Crippen molar-refractivity contribution in [3.63, 3.8) is 0 Å². The largest absolute Gasteiger partial charge is 0.468 e. The van der Waals surface area contributed by atoms with Crippen LogP contribution in [0.2, 0.25) is 0 Å². The van der Waals surface area contributed by atoms with Crippen molar-refractivity contribution >= 4 is 23.0 Å². The van der Waals surface area contributed by atoms with E-state index in [-0.39, 0.29) is 24.2 Å². The van der Waals surface area contributed by atoms with Gasteiger partial charge in [0.2, 0.25) is 0 Å². The molecule has 8 nitrogen and oxygen atoms in total. The first-order valence-corrected chi connectivity index (χ1v) is 7.45. The number of fused-ring (bicyclic) bond motifs is 1. The van der Waals surface area contributed by atoms with E-state index < -0.39 is 29.6 Å². The van der Waals surface area contributed by atoms with Gasteiger partial charge in [0, 0.05) is 6.54 Å². The van der Waals surface area contributed by atoms with Crippen molar-refractivity contribution < 1.29 is 19.1 Å². The fraction of sp³-hybridized carbons (Fsp3) is 0.375. The number of carbonyl (C=O) groups excluding carboxylic acids is 2. The Bertz CT molecular complexity index is 909. The predicted molar refractivity (Wildman–Crippen MR) is 86.1 cm³/mol. The van der Waals surface area contributed by atoms with Crippen LogP contribution in [-0.2, 0) is 27.4 Å². The SMILES string of the molecule is CCOC(=O)c1ccc2c(c1)n(CC(=O)OC)c(=O)c(=O)n2CC. The third kappa shape index (κ3) is 3.08. The van der Waals surface area contributed by atoms with Crippen molar-refractivity contribution in [3.05, 3.63) is 44.5 Å². The lowest BCUT2D eigenvalue weighted by Gasteiger charge is -2.14. The molecule has 0 aliphatic heterocycles. The van der Waals surface area contributed by atoms with Gasteiger partial charge in [-0.1, -0.05) is 0 Å². The average molecular weight is 334 g/mol. The van der Waals surface area contributed by atoms with Crippen LogP contribution in [0, 0.1) is 0 Å². The van der Waals surface area contributed by atoms with Crippen LogP contribution in [0.1, 0.15) is 24.2 Å². The molecule has 1 aromatic heterocycles. The zero-order chi connectivity index (χ0) is 17.9. The first-order valence-electron chi connectivity index (χ1n) is 7.45. The molecule has 0 amide bonds. The number of carbonyl (C=O) groups is 2. The minimum absolute atomic E-state index is 0.209. The minimum atomic E-state index is -0.851. The van der Waals surface area contributed by atoms with Crippen molar-refractivity contribution in [2.24, 2.45) is 0 Å². The zero-order valence-electron chi connectivity index (χ0n) is 13.7. The summed E-state index contributed by atoms with van der Waals surface area (Å²) < 4.78 is 11.8. The molecule has 0 aliphatic carbocycles. The Kier molecular flexibility index (Phi) is 5.18. The maximum absolute atomic E-state index is 12.3. The molecule has 128 valence electrons. The number of benzene rings is 1. The lowest BCUT2D eigenvalue weighted by Crippen LogP contribution is -2.42. The molecule has 0 aliphatic rings. The quantitative estimate of drug-likeness (QED) is 0.585. The highest BCUT2D eigenvalue weighted by Crippen LogP contribution is 2.15. The van der Waals surface area contributed by atoms with E-state index in [1.54, 1.807) is 19.9 Å². The number of hydrogen-bond donors (Lipinski definition) is 0. The first-order chi connectivity index (χ1) is 11.4. The van der Waals surface area contributed by atoms with Gasteiger partial charge in [-0.15, -0.1) is 0 Å². The molecule has 0 bridgehead atoms. The molecule has 0 saturated carbocycles. The van der Waals surface area contributed by atoms with E-state index in [2.05, 4.69) is 4.74 Å². The molecule has 0 N–H and O–H groups in total. The van der Waals surface area contributed by atoms with Gasteiger partial charge in [0.1, 0.15) is 6.54 Å². The fourth-order valence-corrected chi connectivity index (χ4v) is 2.42. The molecule has 0 radical (unpaired) electrons. The van der Waals surface area contributed by atoms with Gasteiger partial charge < -0.3 is 14.0 Å². The van der Waals surface area contributed by atoms with Gasteiger partial charge in [-0.3, -0.25) is 19.0 Å². The van der Waals surface area contributed by atoms with Crippen molar-refractivity contribution in [1.82, 2.24) is 9.13 Å². The number of aryl methyl sites for hydroxylation is 1. The third-order valence-electron chi connectivity index (χ3n) is 3.57. The summed E-state index contributed by atoms with van der Waals surface area (Å²) in [5.74, 6) is -1.22. The van der Waals surface area contributed by atoms with E-state index in [0.29, 0.717) is 5.52 Å². The maximum atomic E-state index is 12.3. The summed E-state index contributed by atoms with van der Waals surface area (Å²) in [4.78, 5) is 48.0. The van der Waals surface area contributed by atoms with Gasteiger partial charge in [0.25, 0.3) is 0 Å². The zero-order valence-corrected chi connectivity index (χ0v) is 13.7. The lowest BCUT2D eigenvalue weighted by molar-refractivity contribution is -0.141. The Hall–Kier alpha value is -2.90. The second-order valence-corrected chi connectivity index (χ2v) is 4.94. The Morgan fingerprint density at radius 1 is 1.04 bits per heavy atom. The topological polar surface area (TPSA) is 96.6 Å². The van der Waals surface area contributed by atoms with Gasteiger partial charge >= 0.3 is 23.1 Å². The molecule has 0 saturated heterocycles. The van der Waals surface area contributed by atoms with Gasteiger partial charge in [-0.2, -0.15) is 0 Å². The van der Waals surface area contributed by atoms with Crippen LogP contribution in [0.25, 0.3) is 11.0 Å². The van der Waals surface area contributed by atoms with E-state index in [4.69, 9.17) is 4.74 Å². The van der Waals surface area contributed by atoms with Crippen LogP contribution >= 0.6 is 0 Å². The van der Waals surface area contributed by atoms with Crippen molar-refractivity contribution in [1.29, 1.82) is 0 Å². The summed E-state index contributed by atoms with van der Waals surface area (Å²) in [6, 6.07) is 4.50. The maximum Gasteiger partial charge on any atom is 0.338 e. The van der Waals surface area contributed by atoms with Gasteiger partial charge in [-0.25, -0.2) is 4.79 Å². The number of methoxy groups -OCH3 is 1. The Morgan fingerprint density at radius 2 is 1.71 bits per heavy atom. The molecular formula is C16H18N2O6. The normalized spacial score (nSPS) is 10.6. The first kappa shape index (κ1) is 17.5. The van der Waals surface area contributed by atoms with Gasteiger partial charge in [0.05, 0.1) is 30.3 Å². The molecule has 8 heteroatoms. The molecule has 2 rings (SSSR count). The molecule has 0 fully saturated rings. The number of ether oxygens (including phenoxy) is 2. The number of aromatic nitrogens is 2. The molecule has 1 aromatic carbocycles. The van der Waals surface area contributed by atoms with E-state index in [1.165, 1.54) is 23.8 Å². The summed E-state index contributed by atoms with van der Waals surface area (Å²) >= 11 is 0. The Morgan fingerprint density at radius 3 is 2.29 bits per heavy atom. The highest BCUT2D eigenvalue weighted by Gasteiger charge is 2.17. The van der Waals surface area contributed by atoms with Crippen LogP contribution in [-0.4, -0.2) is 34.8 Å². The van der Waals surface area contributed by atoms with Crippen molar-refractivity contribution in [2.45, 2.75) is 26.9 Å². The number of rotatable bonds is 5. The Labute approximate surface area is 137 Å². The molecule has 0 unspecified atom stereocenters. The summed E-state index contributed by atoms with van der Waals surface area (Å²) in [7, 11) is 1.19. The van der Waals surface area contributed by atoms with E-state index in [0.717, 1.165) is 4.57 Å². The van der Waals surface area contributed by atoms with E-state index >= 15 is 0 Å². The standard InChI is InChI=1S/C16H18N2O6/c1-4-17-11-7-6-10(16(22)24-5-2)8-12(11)18(9-13(19)23-3)15(21)14(17)20/h6-8H,4-5,9H2,1-3H3. The summed E-state index contributed by atoms with van der Waals surface area (Å²) in [5.41, 5.74) is -0.631. The molecule has 24 heavy (non-hydrogen) atoms. The third-order valence-corrected chi connectivity index (χ3v) is 3.57. The van der Waals surface area contributed by atoms with E-state index in [9.17, 15) is 19.2 Å². The van der Waals surface area contributed by atoms with Crippen molar-refractivity contribution in [3.8, 4) is 0 Å².